The highest BCUT2D eigenvalue weighted by molar-refractivity contribution is 7.99. The van der Waals surface area contributed by atoms with Gasteiger partial charge in [-0.1, -0.05) is 6.07 Å². The van der Waals surface area contributed by atoms with Crippen LogP contribution >= 0.6 is 11.8 Å². The van der Waals surface area contributed by atoms with Gasteiger partial charge in [0.1, 0.15) is 5.65 Å². The first-order valence-electron chi connectivity index (χ1n) is 5.84. The molecular weight excluding hydrogens is 216 g/mol. The van der Waals surface area contributed by atoms with Crippen molar-refractivity contribution in [3.05, 3.63) is 35.8 Å². The van der Waals surface area contributed by atoms with Crippen LogP contribution in [0.3, 0.4) is 0 Å². The van der Waals surface area contributed by atoms with Crippen LogP contribution in [-0.2, 0) is 6.42 Å². The molecule has 1 saturated heterocycles. The zero-order valence-corrected chi connectivity index (χ0v) is 10.3. The third-order valence-corrected chi connectivity index (χ3v) is 4.50. The molecule has 1 unspecified atom stereocenters. The number of rotatable bonds is 2. The molecule has 0 aromatic carbocycles. The van der Waals surface area contributed by atoms with E-state index >= 15 is 0 Å². The van der Waals surface area contributed by atoms with E-state index in [0.717, 1.165) is 18.0 Å². The molecular formula is C13H16N2S. The topological polar surface area (TPSA) is 17.3 Å². The quantitative estimate of drug-likeness (QED) is 0.792. The molecule has 0 N–H and O–H groups in total. The third kappa shape index (κ3) is 1.84. The molecule has 1 atom stereocenters. The van der Waals surface area contributed by atoms with Gasteiger partial charge in [0.05, 0.1) is 5.69 Å². The summed E-state index contributed by atoms with van der Waals surface area (Å²) in [7, 11) is 0. The van der Waals surface area contributed by atoms with E-state index in [0.29, 0.717) is 0 Å². The average molecular weight is 232 g/mol. The second-order valence-corrected chi connectivity index (χ2v) is 5.71. The Bertz CT molecular complexity index is 498. The molecule has 3 rings (SSSR count). The normalized spacial score (nSPS) is 20.7. The first-order valence-corrected chi connectivity index (χ1v) is 7.00. The summed E-state index contributed by atoms with van der Waals surface area (Å²) in [6.45, 7) is 2.13. The highest BCUT2D eigenvalue weighted by Gasteiger charge is 2.17. The van der Waals surface area contributed by atoms with Gasteiger partial charge in [-0.05, 0) is 49.3 Å². The molecule has 2 aromatic rings. The molecule has 0 radical (unpaired) electrons. The van der Waals surface area contributed by atoms with Crippen molar-refractivity contribution in [2.24, 2.45) is 5.92 Å². The van der Waals surface area contributed by atoms with E-state index in [1.165, 1.54) is 29.3 Å². The summed E-state index contributed by atoms with van der Waals surface area (Å²) in [5, 5.41) is 0. The maximum atomic E-state index is 4.69. The molecule has 0 aliphatic carbocycles. The summed E-state index contributed by atoms with van der Waals surface area (Å²) in [6, 6.07) is 6.29. The Balaban J connectivity index is 1.90. The van der Waals surface area contributed by atoms with Crippen LogP contribution < -0.4 is 0 Å². The number of imidazole rings is 1. The lowest BCUT2D eigenvalue weighted by Crippen LogP contribution is -2.02. The van der Waals surface area contributed by atoms with Gasteiger partial charge in [-0.3, -0.25) is 0 Å². The average Bonchev–Trinajstić information content (AvgIpc) is 2.88. The lowest BCUT2D eigenvalue weighted by atomic mass is 10.0. The van der Waals surface area contributed by atoms with Crippen molar-refractivity contribution in [2.75, 3.05) is 11.5 Å². The van der Waals surface area contributed by atoms with Crippen molar-refractivity contribution in [1.29, 1.82) is 0 Å². The largest absolute Gasteiger partial charge is 0.304 e. The second kappa shape index (κ2) is 4.13. The number of nitrogens with zero attached hydrogens (tertiary/aromatic N) is 2. The van der Waals surface area contributed by atoms with Gasteiger partial charge >= 0.3 is 0 Å². The van der Waals surface area contributed by atoms with E-state index in [4.69, 9.17) is 4.98 Å². The highest BCUT2D eigenvalue weighted by Crippen LogP contribution is 2.26. The first-order chi connectivity index (χ1) is 7.83. The minimum atomic E-state index is 0.843. The van der Waals surface area contributed by atoms with Crippen LogP contribution in [0.25, 0.3) is 5.65 Å². The number of hydrogen-bond donors (Lipinski definition) is 0. The Kier molecular flexibility index (Phi) is 2.64. The van der Waals surface area contributed by atoms with Crippen LogP contribution in [0.5, 0.6) is 0 Å². The molecule has 2 nitrogen and oxygen atoms in total. The van der Waals surface area contributed by atoms with Gasteiger partial charge in [0, 0.05) is 11.9 Å². The van der Waals surface area contributed by atoms with E-state index in [9.17, 15) is 0 Å². The van der Waals surface area contributed by atoms with Crippen molar-refractivity contribution < 1.29 is 0 Å². The predicted molar refractivity (Wildman–Crippen MR) is 69.1 cm³/mol. The monoisotopic (exact) mass is 232 g/mol. The van der Waals surface area contributed by atoms with E-state index in [1.54, 1.807) is 0 Å². The molecule has 2 aromatic heterocycles. The number of hydrogen-bond acceptors (Lipinski definition) is 2. The van der Waals surface area contributed by atoms with Crippen molar-refractivity contribution >= 4 is 17.4 Å². The molecule has 0 spiro atoms. The fourth-order valence-electron chi connectivity index (χ4n) is 2.34. The van der Waals surface area contributed by atoms with Crippen LogP contribution in [-0.4, -0.2) is 20.9 Å². The number of aromatic nitrogens is 2. The maximum Gasteiger partial charge on any atom is 0.137 e. The molecule has 1 fully saturated rings. The van der Waals surface area contributed by atoms with Crippen LogP contribution in [0.1, 0.15) is 17.8 Å². The number of pyridine rings is 1. The summed E-state index contributed by atoms with van der Waals surface area (Å²) in [6.07, 6.45) is 4.71. The highest BCUT2D eigenvalue weighted by atomic mass is 32.2. The number of fused-ring (bicyclic) bond motifs is 1. The van der Waals surface area contributed by atoms with Gasteiger partial charge in [-0.2, -0.15) is 11.8 Å². The molecule has 1 aliphatic heterocycles. The second-order valence-electron chi connectivity index (χ2n) is 4.56. The van der Waals surface area contributed by atoms with Crippen molar-refractivity contribution in [3.8, 4) is 0 Å². The van der Waals surface area contributed by atoms with Gasteiger partial charge in [0.15, 0.2) is 0 Å². The number of thioether (sulfide) groups is 1. The fraction of sp³-hybridized carbons (Fsp3) is 0.462. The molecule has 84 valence electrons. The van der Waals surface area contributed by atoms with Crippen molar-refractivity contribution in [2.45, 2.75) is 19.8 Å². The van der Waals surface area contributed by atoms with Crippen LogP contribution in [0.4, 0.5) is 0 Å². The first kappa shape index (κ1) is 10.2. The molecule has 1 aliphatic rings. The molecule has 0 bridgehead atoms. The minimum absolute atomic E-state index is 0.843. The number of aryl methyl sites for hydroxylation is 1. The van der Waals surface area contributed by atoms with E-state index in [2.05, 4.69) is 47.5 Å². The molecule has 0 amide bonds. The van der Waals surface area contributed by atoms with Crippen LogP contribution in [0.2, 0.25) is 0 Å². The van der Waals surface area contributed by atoms with Gasteiger partial charge in [0.25, 0.3) is 0 Å². The van der Waals surface area contributed by atoms with Crippen LogP contribution in [0.15, 0.2) is 24.4 Å². The standard InChI is InChI=1S/C13H16N2S/c1-10-3-2-4-13-14-12(8-15(10)13)7-11-5-6-16-9-11/h2-4,8,11H,5-7,9H2,1H3. The summed E-state index contributed by atoms with van der Waals surface area (Å²) < 4.78 is 2.19. The Morgan fingerprint density at radius 2 is 2.44 bits per heavy atom. The van der Waals surface area contributed by atoms with Gasteiger partial charge in [-0.15, -0.1) is 0 Å². The summed E-state index contributed by atoms with van der Waals surface area (Å²) in [4.78, 5) is 4.69. The Hall–Kier alpha value is -0.960. The minimum Gasteiger partial charge on any atom is -0.304 e. The molecule has 3 heteroatoms. The van der Waals surface area contributed by atoms with E-state index < -0.39 is 0 Å². The fourth-order valence-corrected chi connectivity index (χ4v) is 3.62. The Morgan fingerprint density at radius 3 is 3.19 bits per heavy atom. The maximum absolute atomic E-state index is 4.69. The SMILES string of the molecule is Cc1cccc2nc(CC3CCSC3)cn12. The zero-order chi connectivity index (χ0) is 11.0. The molecule has 0 saturated carbocycles. The Morgan fingerprint density at radius 1 is 1.50 bits per heavy atom. The summed E-state index contributed by atoms with van der Waals surface area (Å²) >= 11 is 2.08. The van der Waals surface area contributed by atoms with Crippen molar-refractivity contribution in [3.63, 3.8) is 0 Å². The molecule has 16 heavy (non-hydrogen) atoms. The van der Waals surface area contributed by atoms with E-state index in [1.807, 2.05) is 0 Å². The lowest BCUT2D eigenvalue weighted by Gasteiger charge is -2.03. The smallest absolute Gasteiger partial charge is 0.137 e. The Labute approximate surface area is 100 Å². The van der Waals surface area contributed by atoms with Gasteiger partial charge in [0.2, 0.25) is 0 Å². The predicted octanol–water partition coefficient (Wildman–Crippen LogP) is 2.94. The molecule has 3 heterocycles. The summed E-state index contributed by atoms with van der Waals surface area (Å²) in [5.74, 6) is 3.49. The lowest BCUT2D eigenvalue weighted by molar-refractivity contribution is 0.589. The van der Waals surface area contributed by atoms with E-state index in [-0.39, 0.29) is 0 Å². The third-order valence-electron chi connectivity index (χ3n) is 3.27. The zero-order valence-electron chi connectivity index (χ0n) is 9.52. The van der Waals surface area contributed by atoms with Gasteiger partial charge < -0.3 is 4.40 Å². The van der Waals surface area contributed by atoms with Gasteiger partial charge in [-0.25, -0.2) is 4.98 Å². The summed E-state index contributed by atoms with van der Waals surface area (Å²) in [5.41, 5.74) is 3.60. The van der Waals surface area contributed by atoms with Crippen molar-refractivity contribution in [1.82, 2.24) is 9.38 Å². The van der Waals surface area contributed by atoms with Crippen LogP contribution in [0, 0.1) is 12.8 Å².